The zero-order chi connectivity index (χ0) is 13.0. The summed E-state index contributed by atoms with van der Waals surface area (Å²) in [6.07, 6.45) is 1.14. The number of anilines is 1. The van der Waals surface area contributed by atoms with Crippen LogP contribution < -0.4 is 5.32 Å². The Labute approximate surface area is 118 Å². The molecule has 0 aliphatic heterocycles. The van der Waals surface area contributed by atoms with Crippen LogP contribution in [0.25, 0.3) is 0 Å². The number of nitrogens with one attached hydrogen (secondary N) is 1. The van der Waals surface area contributed by atoms with Gasteiger partial charge in [0.2, 0.25) is 5.91 Å². The van der Waals surface area contributed by atoms with Crippen molar-refractivity contribution in [3.8, 4) is 0 Å². The van der Waals surface area contributed by atoms with E-state index in [-0.39, 0.29) is 5.91 Å². The van der Waals surface area contributed by atoms with Crippen molar-refractivity contribution in [3.63, 3.8) is 0 Å². The molecule has 0 saturated carbocycles. The summed E-state index contributed by atoms with van der Waals surface area (Å²) in [4.78, 5) is 15.9. The molecule has 0 unspecified atom stereocenters. The van der Waals surface area contributed by atoms with Crippen LogP contribution >= 0.6 is 27.3 Å². The second kappa shape index (κ2) is 6.11. The van der Waals surface area contributed by atoms with Gasteiger partial charge in [-0.1, -0.05) is 15.9 Å². The highest BCUT2D eigenvalue weighted by atomic mass is 79.9. The van der Waals surface area contributed by atoms with E-state index in [0.29, 0.717) is 12.8 Å². The molecule has 1 aromatic carbocycles. The van der Waals surface area contributed by atoms with Gasteiger partial charge in [-0.3, -0.25) is 4.79 Å². The van der Waals surface area contributed by atoms with Gasteiger partial charge in [-0.05, 0) is 37.1 Å². The van der Waals surface area contributed by atoms with Crippen molar-refractivity contribution in [1.29, 1.82) is 0 Å². The molecule has 5 heteroatoms. The van der Waals surface area contributed by atoms with Crippen molar-refractivity contribution in [1.82, 2.24) is 4.98 Å². The first kappa shape index (κ1) is 13.2. The largest absolute Gasteiger partial charge is 0.326 e. The Morgan fingerprint density at radius 1 is 1.50 bits per heavy atom. The standard InChI is InChI=1S/C13H13BrN2OS/c1-9-6-10(2-4-12(9)14)16-13(17)5-3-11-7-18-8-15-11/h2,4,6-8H,3,5H2,1H3,(H,16,17). The molecule has 1 N–H and O–H groups in total. The first-order chi connectivity index (χ1) is 8.65. The minimum atomic E-state index is 0.0183. The predicted molar refractivity (Wildman–Crippen MR) is 77.9 cm³/mol. The Kier molecular flexibility index (Phi) is 4.49. The van der Waals surface area contributed by atoms with Crippen LogP contribution in [-0.2, 0) is 11.2 Å². The molecule has 1 heterocycles. The Morgan fingerprint density at radius 3 is 3.00 bits per heavy atom. The lowest BCUT2D eigenvalue weighted by atomic mass is 10.2. The fraction of sp³-hybridized carbons (Fsp3) is 0.231. The van der Waals surface area contributed by atoms with Gasteiger partial charge in [0.1, 0.15) is 0 Å². The summed E-state index contributed by atoms with van der Waals surface area (Å²) in [6, 6.07) is 5.77. The lowest BCUT2D eigenvalue weighted by Crippen LogP contribution is -2.12. The minimum Gasteiger partial charge on any atom is -0.326 e. The van der Waals surface area contributed by atoms with Gasteiger partial charge in [-0.25, -0.2) is 4.98 Å². The lowest BCUT2D eigenvalue weighted by Gasteiger charge is -2.06. The molecule has 1 amide bonds. The van der Waals surface area contributed by atoms with E-state index in [0.717, 1.165) is 21.4 Å². The zero-order valence-electron chi connectivity index (χ0n) is 9.94. The molecule has 0 bridgehead atoms. The first-order valence-corrected chi connectivity index (χ1v) is 7.32. The number of carbonyl (C=O) groups excluding carboxylic acids is 1. The summed E-state index contributed by atoms with van der Waals surface area (Å²) in [5.41, 5.74) is 4.69. The van der Waals surface area contributed by atoms with Crippen LogP contribution in [0, 0.1) is 6.92 Å². The third-order valence-corrected chi connectivity index (χ3v) is 4.06. The van der Waals surface area contributed by atoms with Gasteiger partial charge >= 0.3 is 0 Å². The molecule has 0 spiro atoms. The second-order valence-corrected chi connectivity index (χ2v) is 5.56. The molecule has 94 valence electrons. The number of aryl methyl sites for hydroxylation is 2. The highest BCUT2D eigenvalue weighted by molar-refractivity contribution is 9.10. The van der Waals surface area contributed by atoms with E-state index in [1.54, 1.807) is 16.8 Å². The molecule has 1 aromatic heterocycles. The van der Waals surface area contributed by atoms with E-state index >= 15 is 0 Å². The van der Waals surface area contributed by atoms with E-state index in [4.69, 9.17) is 0 Å². The maximum Gasteiger partial charge on any atom is 0.224 e. The third kappa shape index (κ3) is 3.65. The third-order valence-electron chi connectivity index (χ3n) is 2.53. The SMILES string of the molecule is Cc1cc(NC(=O)CCc2cscn2)ccc1Br. The maximum atomic E-state index is 11.8. The average Bonchev–Trinajstić information content (AvgIpc) is 2.84. The van der Waals surface area contributed by atoms with E-state index in [1.807, 2.05) is 30.5 Å². The van der Waals surface area contributed by atoms with E-state index in [2.05, 4.69) is 26.2 Å². The zero-order valence-corrected chi connectivity index (χ0v) is 12.3. The summed E-state index contributed by atoms with van der Waals surface area (Å²) in [5, 5.41) is 4.86. The number of amides is 1. The highest BCUT2D eigenvalue weighted by Crippen LogP contribution is 2.20. The molecule has 0 saturated heterocycles. The number of hydrogen-bond acceptors (Lipinski definition) is 3. The van der Waals surface area contributed by atoms with Crippen LogP contribution in [0.4, 0.5) is 5.69 Å². The number of rotatable bonds is 4. The molecule has 3 nitrogen and oxygen atoms in total. The molecular weight excluding hydrogens is 312 g/mol. The van der Waals surface area contributed by atoms with Crippen molar-refractivity contribution in [3.05, 3.63) is 44.8 Å². The van der Waals surface area contributed by atoms with Crippen molar-refractivity contribution in [2.24, 2.45) is 0 Å². The fourth-order valence-corrected chi connectivity index (χ4v) is 2.39. The molecule has 0 aliphatic carbocycles. The number of hydrogen-bond donors (Lipinski definition) is 1. The number of halogens is 1. The second-order valence-electron chi connectivity index (χ2n) is 3.99. The van der Waals surface area contributed by atoms with Gasteiger partial charge in [0, 0.05) is 22.0 Å². The van der Waals surface area contributed by atoms with Gasteiger partial charge in [-0.2, -0.15) is 0 Å². The van der Waals surface area contributed by atoms with Crippen LogP contribution in [0.1, 0.15) is 17.7 Å². The van der Waals surface area contributed by atoms with Crippen molar-refractivity contribution in [2.45, 2.75) is 19.8 Å². The maximum absolute atomic E-state index is 11.8. The fourth-order valence-electron chi connectivity index (χ4n) is 1.55. The number of nitrogens with zero attached hydrogens (tertiary/aromatic N) is 1. The van der Waals surface area contributed by atoms with Crippen molar-refractivity contribution >= 4 is 38.9 Å². The summed E-state index contributed by atoms with van der Waals surface area (Å²) in [7, 11) is 0. The molecule has 2 rings (SSSR count). The Balaban J connectivity index is 1.88. The molecule has 18 heavy (non-hydrogen) atoms. The number of benzene rings is 1. The van der Waals surface area contributed by atoms with Crippen LogP contribution in [0.2, 0.25) is 0 Å². The smallest absolute Gasteiger partial charge is 0.224 e. The summed E-state index contributed by atoms with van der Waals surface area (Å²) in [6.45, 7) is 2.00. The highest BCUT2D eigenvalue weighted by Gasteiger charge is 2.05. The van der Waals surface area contributed by atoms with Gasteiger partial charge in [0.05, 0.1) is 11.2 Å². The van der Waals surface area contributed by atoms with Crippen molar-refractivity contribution < 1.29 is 4.79 Å². The van der Waals surface area contributed by atoms with Gasteiger partial charge < -0.3 is 5.32 Å². The van der Waals surface area contributed by atoms with Gasteiger partial charge in [0.15, 0.2) is 0 Å². The Hall–Kier alpha value is -1.20. The minimum absolute atomic E-state index is 0.0183. The lowest BCUT2D eigenvalue weighted by molar-refractivity contribution is -0.116. The molecule has 0 fully saturated rings. The number of thiazole rings is 1. The Morgan fingerprint density at radius 2 is 2.33 bits per heavy atom. The normalized spacial score (nSPS) is 10.3. The number of carbonyl (C=O) groups is 1. The average molecular weight is 325 g/mol. The molecule has 2 aromatic rings. The predicted octanol–water partition coefficient (Wildman–Crippen LogP) is 3.79. The molecule has 0 atom stereocenters. The van der Waals surface area contributed by atoms with E-state index < -0.39 is 0 Å². The summed E-state index contributed by atoms with van der Waals surface area (Å²) in [5.74, 6) is 0.0183. The van der Waals surface area contributed by atoms with Crippen molar-refractivity contribution in [2.75, 3.05) is 5.32 Å². The van der Waals surface area contributed by atoms with Gasteiger partial charge in [-0.15, -0.1) is 11.3 Å². The van der Waals surface area contributed by atoms with E-state index in [1.165, 1.54) is 0 Å². The van der Waals surface area contributed by atoms with Crippen LogP contribution in [0.15, 0.2) is 33.6 Å². The van der Waals surface area contributed by atoms with E-state index in [9.17, 15) is 4.79 Å². The topological polar surface area (TPSA) is 42.0 Å². The number of aromatic nitrogens is 1. The van der Waals surface area contributed by atoms with Crippen LogP contribution in [0.3, 0.4) is 0 Å². The quantitative estimate of drug-likeness (QED) is 0.929. The molecular formula is C13H13BrN2OS. The first-order valence-electron chi connectivity index (χ1n) is 5.58. The summed E-state index contributed by atoms with van der Waals surface area (Å²) >= 11 is 4.98. The van der Waals surface area contributed by atoms with Crippen LogP contribution in [-0.4, -0.2) is 10.9 Å². The van der Waals surface area contributed by atoms with Crippen LogP contribution in [0.5, 0.6) is 0 Å². The molecule has 0 aliphatic rings. The molecule has 0 radical (unpaired) electrons. The van der Waals surface area contributed by atoms with Gasteiger partial charge in [0.25, 0.3) is 0 Å². The summed E-state index contributed by atoms with van der Waals surface area (Å²) < 4.78 is 1.04. The monoisotopic (exact) mass is 324 g/mol. The Bertz CT molecular complexity index is 540.